The lowest BCUT2D eigenvalue weighted by Crippen LogP contribution is -1.85. The summed E-state index contributed by atoms with van der Waals surface area (Å²) < 4.78 is 4.96. The summed E-state index contributed by atoms with van der Waals surface area (Å²) in [4.78, 5) is 0.742. The quantitative estimate of drug-likeness (QED) is 0.644. The van der Waals surface area contributed by atoms with E-state index in [9.17, 15) is 0 Å². The van der Waals surface area contributed by atoms with Crippen molar-refractivity contribution in [2.45, 2.75) is 4.90 Å². The van der Waals surface area contributed by atoms with Gasteiger partial charge in [0.05, 0.1) is 18.7 Å². The molecule has 0 radical (unpaired) electrons. The average Bonchev–Trinajstić information content (AvgIpc) is 2.05. The van der Waals surface area contributed by atoms with Gasteiger partial charge in [-0.1, -0.05) is 0 Å². The monoisotopic (exact) mass is 165 g/mol. The van der Waals surface area contributed by atoms with E-state index in [4.69, 9.17) is 10.00 Å². The number of benzene rings is 1. The van der Waals surface area contributed by atoms with Gasteiger partial charge in [0, 0.05) is 4.90 Å². The Kier molecular flexibility index (Phi) is 2.40. The minimum absolute atomic E-state index is 0.583. The van der Waals surface area contributed by atoms with Gasteiger partial charge in [0.2, 0.25) is 0 Å². The van der Waals surface area contributed by atoms with Crippen LogP contribution in [0.25, 0.3) is 0 Å². The Hall–Kier alpha value is -1.14. The Morgan fingerprint density at radius 1 is 1.55 bits per heavy atom. The van der Waals surface area contributed by atoms with Crippen molar-refractivity contribution in [3.05, 3.63) is 23.8 Å². The van der Waals surface area contributed by atoms with Crippen molar-refractivity contribution in [2.75, 3.05) is 7.11 Å². The summed E-state index contributed by atoms with van der Waals surface area (Å²) in [7, 11) is 1.55. The molecule has 0 amide bonds. The second-order valence-corrected chi connectivity index (χ2v) is 2.48. The maximum atomic E-state index is 8.52. The fourth-order valence-electron chi connectivity index (χ4n) is 0.747. The Labute approximate surface area is 70.8 Å². The molecule has 2 nitrogen and oxygen atoms in total. The number of hydrogen-bond acceptors (Lipinski definition) is 3. The number of rotatable bonds is 1. The van der Waals surface area contributed by atoms with Crippen LogP contribution in [0.1, 0.15) is 5.56 Å². The molecular weight excluding hydrogens is 158 g/mol. The van der Waals surface area contributed by atoms with Gasteiger partial charge in [-0.05, 0) is 18.2 Å². The molecule has 0 aliphatic carbocycles. The highest BCUT2D eigenvalue weighted by molar-refractivity contribution is 7.80. The van der Waals surface area contributed by atoms with Crippen molar-refractivity contribution < 1.29 is 4.74 Å². The van der Waals surface area contributed by atoms with Gasteiger partial charge in [0.25, 0.3) is 0 Å². The molecule has 0 N–H and O–H groups in total. The van der Waals surface area contributed by atoms with E-state index in [0.717, 1.165) is 4.90 Å². The lowest BCUT2D eigenvalue weighted by molar-refractivity contribution is 0.405. The average molecular weight is 165 g/mol. The molecule has 3 heteroatoms. The van der Waals surface area contributed by atoms with E-state index in [0.29, 0.717) is 11.3 Å². The molecule has 0 aliphatic rings. The highest BCUT2D eigenvalue weighted by Gasteiger charge is 1.98. The fourth-order valence-corrected chi connectivity index (χ4v) is 0.978. The van der Waals surface area contributed by atoms with Crippen LogP contribution in [0.15, 0.2) is 23.1 Å². The number of thiol groups is 1. The third kappa shape index (κ3) is 1.66. The maximum absolute atomic E-state index is 8.52. The molecular formula is C8H7NOS. The predicted molar refractivity (Wildman–Crippen MR) is 45.0 cm³/mol. The zero-order chi connectivity index (χ0) is 8.27. The van der Waals surface area contributed by atoms with Crippen LogP contribution in [-0.4, -0.2) is 7.11 Å². The van der Waals surface area contributed by atoms with Gasteiger partial charge in [-0.25, -0.2) is 0 Å². The van der Waals surface area contributed by atoms with Gasteiger partial charge >= 0.3 is 0 Å². The Morgan fingerprint density at radius 2 is 2.27 bits per heavy atom. The van der Waals surface area contributed by atoms with Crippen molar-refractivity contribution in [1.29, 1.82) is 5.26 Å². The topological polar surface area (TPSA) is 33.0 Å². The van der Waals surface area contributed by atoms with E-state index < -0.39 is 0 Å². The third-order valence-corrected chi connectivity index (χ3v) is 1.68. The highest BCUT2D eigenvalue weighted by Crippen LogP contribution is 2.22. The van der Waals surface area contributed by atoms with E-state index in [-0.39, 0.29) is 0 Å². The normalized spacial score (nSPS) is 8.82. The van der Waals surface area contributed by atoms with Crippen LogP contribution in [0, 0.1) is 11.3 Å². The van der Waals surface area contributed by atoms with Crippen molar-refractivity contribution in [1.82, 2.24) is 0 Å². The van der Waals surface area contributed by atoms with Gasteiger partial charge < -0.3 is 4.74 Å². The fraction of sp³-hybridized carbons (Fsp3) is 0.125. The molecule has 0 fully saturated rings. The summed E-state index contributed by atoms with van der Waals surface area (Å²) in [6.07, 6.45) is 0. The first-order valence-electron chi connectivity index (χ1n) is 3.05. The SMILES string of the molecule is COc1cc(C#N)ccc1S. The first-order valence-corrected chi connectivity index (χ1v) is 3.49. The van der Waals surface area contributed by atoms with Crippen LogP contribution in [0.4, 0.5) is 0 Å². The second-order valence-electron chi connectivity index (χ2n) is 2.00. The minimum Gasteiger partial charge on any atom is -0.496 e. The summed E-state index contributed by atoms with van der Waals surface area (Å²) in [6, 6.07) is 7.11. The molecule has 1 aromatic carbocycles. The van der Waals surface area contributed by atoms with Gasteiger partial charge in [-0.3, -0.25) is 0 Å². The van der Waals surface area contributed by atoms with Crippen LogP contribution >= 0.6 is 12.6 Å². The molecule has 0 atom stereocenters. The van der Waals surface area contributed by atoms with E-state index in [2.05, 4.69) is 12.6 Å². The zero-order valence-electron chi connectivity index (χ0n) is 6.03. The minimum atomic E-state index is 0.583. The summed E-state index contributed by atoms with van der Waals surface area (Å²) in [5.74, 6) is 0.632. The summed E-state index contributed by atoms with van der Waals surface area (Å²) in [5, 5.41) is 8.52. The lowest BCUT2D eigenvalue weighted by atomic mass is 10.2. The van der Waals surface area contributed by atoms with Crippen molar-refractivity contribution in [3.63, 3.8) is 0 Å². The van der Waals surface area contributed by atoms with Crippen LogP contribution in [0.3, 0.4) is 0 Å². The summed E-state index contributed by atoms with van der Waals surface area (Å²) >= 11 is 4.13. The van der Waals surface area contributed by atoms with Gasteiger partial charge in [-0.15, -0.1) is 12.6 Å². The number of nitrogens with zero attached hydrogens (tertiary/aromatic N) is 1. The Bertz CT molecular complexity index is 303. The van der Waals surface area contributed by atoms with Crippen LogP contribution in [0.5, 0.6) is 5.75 Å². The van der Waals surface area contributed by atoms with E-state index in [1.54, 1.807) is 25.3 Å². The van der Waals surface area contributed by atoms with Gasteiger partial charge in [0.15, 0.2) is 0 Å². The van der Waals surface area contributed by atoms with E-state index in [1.165, 1.54) is 0 Å². The number of methoxy groups -OCH3 is 1. The molecule has 0 heterocycles. The summed E-state index contributed by atoms with van der Waals surface area (Å²) in [5.41, 5.74) is 0.583. The Morgan fingerprint density at radius 3 is 2.82 bits per heavy atom. The molecule has 0 aromatic heterocycles. The molecule has 0 bridgehead atoms. The molecule has 0 spiro atoms. The first-order chi connectivity index (χ1) is 5.27. The van der Waals surface area contributed by atoms with Gasteiger partial charge in [0.1, 0.15) is 5.75 Å². The molecule has 0 aliphatic heterocycles. The summed E-state index contributed by atoms with van der Waals surface area (Å²) in [6.45, 7) is 0. The predicted octanol–water partition coefficient (Wildman–Crippen LogP) is 1.86. The molecule has 1 aromatic rings. The maximum Gasteiger partial charge on any atom is 0.133 e. The van der Waals surface area contributed by atoms with E-state index in [1.807, 2.05) is 6.07 Å². The number of nitriles is 1. The van der Waals surface area contributed by atoms with Crippen LogP contribution < -0.4 is 4.74 Å². The van der Waals surface area contributed by atoms with Gasteiger partial charge in [-0.2, -0.15) is 5.26 Å². The molecule has 0 unspecified atom stereocenters. The molecule has 0 saturated heterocycles. The standard InChI is InChI=1S/C8H7NOS/c1-10-7-4-6(5-9)2-3-8(7)11/h2-4,11H,1H3. The molecule has 56 valence electrons. The van der Waals surface area contributed by atoms with Crippen molar-refractivity contribution >= 4 is 12.6 Å². The van der Waals surface area contributed by atoms with Crippen LogP contribution in [-0.2, 0) is 0 Å². The largest absolute Gasteiger partial charge is 0.496 e. The van der Waals surface area contributed by atoms with Crippen LogP contribution in [0.2, 0.25) is 0 Å². The second kappa shape index (κ2) is 3.31. The third-order valence-electron chi connectivity index (χ3n) is 1.31. The smallest absolute Gasteiger partial charge is 0.133 e. The number of ether oxygens (including phenoxy) is 1. The molecule has 0 saturated carbocycles. The molecule has 11 heavy (non-hydrogen) atoms. The molecule has 1 rings (SSSR count). The first kappa shape index (κ1) is 7.96. The highest BCUT2D eigenvalue weighted by atomic mass is 32.1. The lowest BCUT2D eigenvalue weighted by Gasteiger charge is -2.01. The Balaban J connectivity index is 3.15. The number of hydrogen-bond donors (Lipinski definition) is 1. The van der Waals surface area contributed by atoms with E-state index >= 15 is 0 Å². The van der Waals surface area contributed by atoms with Crippen molar-refractivity contribution in [2.24, 2.45) is 0 Å². The zero-order valence-corrected chi connectivity index (χ0v) is 6.93. The van der Waals surface area contributed by atoms with Crippen molar-refractivity contribution in [3.8, 4) is 11.8 Å².